The SMILES string of the molecule is C[C@@H]1CN(C(=O)CN)C(CCCN=C(N)N)CN1CCc1ccc2ccccc2c1.Cc1ccc(Cl)cc1. The van der Waals surface area contributed by atoms with Crippen LogP contribution in [0.2, 0.25) is 5.02 Å². The van der Waals surface area contributed by atoms with Gasteiger partial charge in [0.25, 0.3) is 0 Å². The first-order valence-electron chi connectivity index (χ1n) is 13.3. The minimum absolute atomic E-state index is 0.0165. The fourth-order valence-electron chi connectivity index (χ4n) is 4.82. The highest BCUT2D eigenvalue weighted by Gasteiger charge is 2.33. The number of carbonyl (C=O) groups is 1. The van der Waals surface area contributed by atoms with Crippen LogP contribution in [0.1, 0.15) is 30.9 Å². The molecule has 7 nitrogen and oxygen atoms in total. The molecule has 1 heterocycles. The monoisotopic (exact) mass is 536 g/mol. The Morgan fingerprint density at radius 2 is 1.74 bits per heavy atom. The van der Waals surface area contributed by atoms with Gasteiger partial charge in [-0.2, -0.15) is 0 Å². The molecule has 3 aromatic carbocycles. The van der Waals surface area contributed by atoms with Gasteiger partial charge in [0.2, 0.25) is 5.91 Å². The predicted octanol–water partition coefficient (Wildman–Crippen LogP) is 3.94. The van der Waals surface area contributed by atoms with Crippen LogP contribution in [0.3, 0.4) is 0 Å². The Hall–Kier alpha value is -3.13. The Bertz CT molecular complexity index is 1170. The van der Waals surface area contributed by atoms with Gasteiger partial charge >= 0.3 is 0 Å². The van der Waals surface area contributed by atoms with E-state index in [1.165, 1.54) is 21.9 Å². The first-order valence-corrected chi connectivity index (χ1v) is 13.6. The minimum atomic E-state index is 0.0165. The van der Waals surface area contributed by atoms with Crippen LogP contribution in [-0.2, 0) is 11.2 Å². The number of amides is 1. The molecular weight excluding hydrogens is 496 g/mol. The number of guanidine groups is 1. The summed E-state index contributed by atoms with van der Waals surface area (Å²) in [6.07, 6.45) is 2.69. The van der Waals surface area contributed by atoms with Gasteiger partial charge in [0.1, 0.15) is 0 Å². The number of fused-ring (bicyclic) bond motifs is 1. The van der Waals surface area contributed by atoms with Gasteiger partial charge < -0.3 is 22.1 Å². The highest BCUT2D eigenvalue weighted by Crippen LogP contribution is 2.21. The number of hydrogen-bond donors (Lipinski definition) is 3. The molecule has 8 heteroatoms. The quantitative estimate of drug-likeness (QED) is 0.229. The Kier molecular flexibility index (Phi) is 11.4. The molecule has 1 saturated heterocycles. The number of halogens is 1. The second kappa shape index (κ2) is 14.7. The zero-order valence-corrected chi connectivity index (χ0v) is 23.3. The van der Waals surface area contributed by atoms with Crippen LogP contribution in [0.15, 0.2) is 71.7 Å². The van der Waals surface area contributed by atoms with Crippen LogP contribution in [0, 0.1) is 6.92 Å². The normalized spacial score (nSPS) is 17.5. The average molecular weight is 537 g/mol. The van der Waals surface area contributed by atoms with Crippen molar-refractivity contribution in [3.8, 4) is 0 Å². The summed E-state index contributed by atoms with van der Waals surface area (Å²) in [6.45, 7) is 7.38. The molecule has 1 fully saturated rings. The maximum atomic E-state index is 12.4. The maximum Gasteiger partial charge on any atom is 0.236 e. The summed E-state index contributed by atoms with van der Waals surface area (Å²) in [5, 5.41) is 3.35. The Morgan fingerprint density at radius 3 is 2.39 bits per heavy atom. The zero-order valence-electron chi connectivity index (χ0n) is 22.5. The second-order valence-corrected chi connectivity index (χ2v) is 10.4. The highest BCUT2D eigenvalue weighted by molar-refractivity contribution is 6.30. The summed E-state index contributed by atoms with van der Waals surface area (Å²) >= 11 is 5.61. The van der Waals surface area contributed by atoms with Crippen LogP contribution in [-0.4, -0.2) is 66.5 Å². The molecule has 0 aliphatic carbocycles. The fraction of sp³-hybridized carbons (Fsp3) is 0.400. The maximum absolute atomic E-state index is 12.4. The van der Waals surface area contributed by atoms with Crippen molar-refractivity contribution in [3.63, 3.8) is 0 Å². The third-order valence-electron chi connectivity index (χ3n) is 6.97. The van der Waals surface area contributed by atoms with E-state index in [4.69, 9.17) is 28.8 Å². The van der Waals surface area contributed by atoms with Crippen LogP contribution in [0.25, 0.3) is 10.8 Å². The molecule has 0 spiro atoms. The molecule has 6 N–H and O–H groups in total. The van der Waals surface area contributed by atoms with Crippen LogP contribution < -0.4 is 17.2 Å². The van der Waals surface area contributed by atoms with E-state index >= 15 is 0 Å². The molecule has 38 heavy (non-hydrogen) atoms. The number of carbonyl (C=O) groups excluding carboxylic acids is 1. The van der Waals surface area contributed by atoms with Crippen molar-refractivity contribution in [1.29, 1.82) is 0 Å². The Balaban J connectivity index is 0.000000427. The molecule has 0 aromatic heterocycles. The number of aryl methyl sites for hydroxylation is 1. The van der Waals surface area contributed by atoms with Crippen molar-refractivity contribution in [2.75, 3.05) is 32.7 Å². The summed E-state index contributed by atoms with van der Waals surface area (Å²) < 4.78 is 0. The van der Waals surface area contributed by atoms with Gasteiger partial charge in [0.15, 0.2) is 5.96 Å². The van der Waals surface area contributed by atoms with Gasteiger partial charge in [-0.15, -0.1) is 0 Å². The van der Waals surface area contributed by atoms with E-state index in [0.717, 1.165) is 37.4 Å². The molecule has 0 bridgehead atoms. The summed E-state index contributed by atoms with van der Waals surface area (Å²) in [4.78, 5) is 20.9. The second-order valence-electron chi connectivity index (χ2n) is 9.92. The van der Waals surface area contributed by atoms with Crippen molar-refractivity contribution in [1.82, 2.24) is 9.80 Å². The number of nitrogens with two attached hydrogens (primary N) is 3. The van der Waals surface area contributed by atoms with Gasteiger partial charge in [-0.05, 0) is 61.6 Å². The topological polar surface area (TPSA) is 114 Å². The standard InChI is InChI=1S/C23H34N6O.C7H7Cl/c1-17-15-29(22(30)14-24)21(7-4-11-27-23(25)26)16-28(17)12-10-18-8-9-19-5-2-3-6-20(19)13-18;1-6-2-4-7(8)5-3-6/h2-3,5-6,8-9,13,17,21H,4,7,10-12,14-16,24H2,1H3,(H4,25,26,27);2-5H,1H3/t17-,21?;/m1./s1. The Labute approximate surface area is 231 Å². The number of nitrogens with zero attached hydrogens (tertiary/aromatic N) is 3. The lowest BCUT2D eigenvalue weighted by atomic mass is 10.0. The molecule has 2 atom stereocenters. The van der Waals surface area contributed by atoms with Gasteiger partial charge in [-0.1, -0.05) is 71.8 Å². The van der Waals surface area contributed by atoms with E-state index < -0.39 is 0 Å². The smallest absolute Gasteiger partial charge is 0.236 e. The third kappa shape index (κ3) is 9.01. The number of aliphatic imine (C=N–C) groups is 1. The van der Waals surface area contributed by atoms with Crippen molar-refractivity contribution in [3.05, 3.63) is 82.9 Å². The number of rotatable bonds is 8. The highest BCUT2D eigenvalue weighted by atomic mass is 35.5. The van der Waals surface area contributed by atoms with Crippen LogP contribution in [0.5, 0.6) is 0 Å². The number of piperazine rings is 1. The predicted molar refractivity (Wildman–Crippen MR) is 159 cm³/mol. The van der Waals surface area contributed by atoms with Gasteiger partial charge in [0.05, 0.1) is 6.54 Å². The fourth-order valence-corrected chi connectivity index (χ4v) is 4.94. The third-order valence-corrected chi connectivity index (χ3v) is 7.22. The zero-order chi connectivity index (χ0) is 27.5. The lowest BCUT2D eigenvalue weighted by Gasteiger charge is -2.45. The van der Waals surface area contributed by atoms with E-state index in [2.05, 4.69) is 59.3 Å². The van der Waals surface area contributed by atoms with Gasteiger partial charge in [0, 0.05) is 43.3 Å². The van der Waals surface area contributed by atoms with E-state index in [1.54, 1.807) is 0 Å². The minimum Gasteiger partial charge on any atom is -0.370 e. The van der Waals surface area contributed by atoms with Crippen molar-refractivity contribution < 1.29 is 4.79 Å². The molecule has 0 radical (unpaired) electrons. The van der Waals surface area contributed by atoms with Crippen LogP contribution >= 0.6 is 11.6 Å². The number of hydrogen-bond acceptors (Lipinski definition) is 4. The van der Waals surface area contributed by atoms with Crippen molar-refractivity contribution in [2.24, 2.45) is 22.2 Å². The molecule has 1 aliphatic rings. The molecular formula is C30H41ClN6O. The molecule has 3 aromatic rings. The molecule has 204 valence electrons. The van der Waals surface area contributed by atoms with Gasteiger partial charge in [-0.25, -0.2) is 0 Å². The van der Waals surface area contributed by atoms with E-state index in [-0.39, 0.29) is 24.5 Å². The van der Waals surface area contributed by atoms with E-state index in [9.17, 15) is 4.79 Å². The molecule has 4 rings (SSSR count). The largest absolute Gasteiger partial charge is 0.370 e. The first kappa shape index (κ1) is 29.4. The average Bonchev–Trinajstić information content (AvgIpc) is 2.92. The molecule has 1 amide bonds. The lowest BCUT2D eigenvalue weighted by molar-refractivity contribution is -0.136. The molecule has 1 unspecified atom stereocenters. The number of benzene rings is 3. The Morgan fingerprint density at radius 1 is 1.03 bits per heavy atom. The van der Waals surface area contributed by atoms with E-state index in [0.29, 0.717) is 19.1 Å². The molecule has 0 saturated carbocycles. The summed E-state index contributed by atoms with van der Waals surface area (Å²) in [5.74, 6) is 0.127. The van der Waals surface area contributed by atoms with E-state index in [1.807, 2.05) is 36.1 Å². The summed E-state index contributed by atoms with van der Waals surface area (Å²) in [6, 6.07) is 23.3. The summed E-state index contributed by atoms with van der Waals surface area (Å²) in [7, 11) is 0. The summed E-state index contributed by atoms with van der Waals surface area (Å²) in [5.41, 5.74) is 19.1. The van der Waals surface area contributed by atoms with Crippen LogP contribution in [0.4, 0.5) is 0 Å². The lowest BCUT2D eigenvalue weighted by Crippen LogP contribution is -2.60. The first-order chi connectivity index (χ1) is 18.3. The van der Waals surface area contributed by atoms with Crippen molar-refractivity contribution >= 4 is 34.2 Å². The van der Waals surface area contributed by atoms with Crippen molar-refractivity contribution in [2.45, 2.75) is 45.2 Å². The molecule has 1 aliphatic heterocycles. The van der Waals surface area contributed by atoms with Gasteiger partial charge in [-0.3, -0.25) is 14.7 Å².